The lowest BCUT2D eigenvalue weighted by Crippen LogP contribution is -2.01. The van der Waals surface area contributed by atoms with Gasteiger partial charge in [-0.05, 0) is 23.8 Å². The molecular weight excluding hydrogens is 351 g/mol. The molecular formula is C13H11BrCl2N2O. The minimum absolute atomic E-state index is 0.360. The molecule has 0 aliphatic rings. The molecule has 19 heavy (non-hydrogen) atoms. The molecule has 0 saturated carbocycles. The molecule has 1 N–H and O–H groups in total. The van der Waals surface area contributed by atoms with Crippen molar-refractivity contribution in [3.8, 4) is 5.88 Å². The summed E-state index contributed by atoms with van der Waals surface area (Å²) in [5.41, 5.74) is 1.03. The van der Waals surface area contributed by atoms with Crippen molar-refractivity contribution >= 4 is 44.9 Å². The molecule has 3 nitrogen and oxygen atoms in total. The van der Waals surface area contributed by atoms with Gasteiger partial charge in [0.25, 0.3) is 0 Å². The fraction of sp³-hybridized carbons (Fsp3) is 0.154. The zero-order valence-corrected chi connectivity index (χ0v) is 13.2. The Morgan fingerprint density at radius 2 is 1.89 bits per heavy atom. The predicted octanol–water partition coefficient (Wildman–Crippen LogP) is 4.77. The van der Waals surface area contributed by atoms with Crippen molar-refractivity contribution in [2.75, 3.05) is 12.4 Å². The molecule has 0 fully saturated rings. The van der Waals surface area contributed by atoms with Crippen LogP contribution in [0.15, 0.2) is 34.8 Å². The molecule has 1 heterocycles. The molecule has 2 aromatic rings. The number of hydrogen-bond acceptors (Lipinski definition) is 3. The summed E-state index contributed by atoms with van der Waals surface area (Å²) in [6.07, 6.45) is 0. The zero-order chi connectivity index (χ0) is 13.8. The van der Waals surface area contributed by atoms with Crippen LogP contribution in [0.1, 0.15) is 5.56 Å². The summed E-state index contributed by atoms with van der Waals surface area (Å²) in [6.45, 7) is 0.394. The number of ether oxygens (including phenoxy) is 1. The van der Waals surface area contributed by atoms with E-state index >= 15 is 0 Å². The molecule has 0 aliphatic carbocycles. The molecule has 0 amide bonds. The van der Waals surface area contributed by atoms with E-state index in [0.29, 0.717) is 28.3 Å². The number of rotatable bonds is 4. The van der Waals surface area contributed by atoms with Crippen molar-refractivity contribution in [3.05, 3.63) is 50.4 Å². The number of halogens is 3. The van der Waals surface area contributed by atoms with Crippen LogP contribution in [0.5, 0.6) is 5.88 Å². The first-order valence-corrected chi connectivity index (χ1v) is 7.06. The summed E-state index contributed by atoms with van der Waals surface area (Å²) < 4.78 is 6.63. The fourth-order valence-electron chi connectivity index (χ4n) is 1.46. The maximum atomic E-state index is 6.04. The van der Waals surface area contributed by atoms with Gasteiger partial charge in [0.15, 0.2) is 0 Å². The number of benzene rings is 1. The normalized spacial score (nSPS) is 10.3. The Morgan fingerprint density at radius 3 is 2.53 bits per heavy atom. The molecule has 0 atom stereocenters. The topological polar surface area (TPSA) is 34.2 Å². The van der Waals surface area contributed by atoms with E-state index in [9.17, 15) is 0 Å². The van der Waals surface area contributed by atoms with Crippen LogP contribution >= 0.6 is 39.1 Å². The van der Waals surface area contributed by atoms with Crippen LogP contribution in [-0.4, -0.2) is 12.0 Å². The number of nitrogens with one attached hydrogen (secondary N) is 1. The van der Waals surface area contributed by atoms with E-state index in [0.717, 1.165) is 10.0 Å². The Bertz CT molecular complexity index is 576. The van der Waals surface area contributed by atoms with Gasteiger partial charge in [-0.15, -0.1) is 0 Å². The molecule has 0 aliphatic heterocycles. The Kier molecular flexibility index (Phi) is 4.91. The van der Waals surface area contributed by atoms with E-state index in [4.69, 9.17) is 27.9 Å². The third-order valence-electron chi connectivity index (χ3n) is 2.42. The van der Waals surface area contributed by atoms with Crippen LogP contribution in [0, 0.1) is 0 Å². The Balaban J connectivity index is 2.13. The highest BCUT2D eigenvalue weighted by Gasteiger charge is 2.09. The van der Waals surface area contributed by atoms with Gasteiger partial charge in [0.05, 0.1) is 5.02 Å². The SMILES string of the molecule is CNc1nc(OCc2ccc(Br)cc2)c(Cl)cc1Cl. The Hall–Kier alpha value is -0.970. The average molecular weight is 362 g/mol. The molecule has 0 bridgehead atoms. The first kappa shape index (κ1) is 14.4. The number of pyridine rings is 1. The van der Waals surface area contributed by atoms with Crippen LogP contribution in [0.3, 0.4) is 0 Å². The molecule has 6 heteroatoms. The first-order chi connectivity index (χ1) is 9.10. The third-order valence-corrected chi connectivity index (χ3v) is 3.51. The highest BCUT2D eigenvalue weighted by atomic mass is 79.9. The van der Waals surface area contributed by atoms with Gasteiger partial charge in [-0.3, -0.25) is 0 Å². The maximum absolute atomic E-state index is 6.04. The van der Waals surface area contributed by atoms with Crippen molar-refractivity contribution in [1.29, 1.82) is 0 Å². The maximum Gasteiger partial charge on any atom is 0.234 e. The van der Waals surface area contributed by atoms with Gasteiger partial charge in [0, 0.05) is 11.5 Å². The van der Waals surface area contributed by atoms with Crippen LogP contribution in [0.2, 0.25) is 10.0 Å². The number of nitrogens with zero attached hydrogens (tertiary/aromatic N) is 1. The van der Waals surface area contributed by atoms with Crippen LogP contribution in [0.4, 0.5) is 5.82 Å². The van der Waals surface area contributed by atoms with Crippen molar-refractivity contribution in [2.24, 2.45) is 0 Å². The quantitative estimate of drug-likeness (QED) is 0.851. The fourth-order valence-corrected chi connectivity index (χ4v) is 2.23. The molecule has 1 aromatic carbocycles. The summed E-state index contributed by atoms with van der Waals surface area (Å²) in [6, 6.07) is 9.45. The molecule has 2 rings (SSSR count). The van der Waals surface area contributed by atoms with Crippen LogP contribution in [0.25, 0.3) is 0 Å². The van der Waals surface area contributed by atoms with Gasteiger partial charge in [0.1, 0.15) is 17.4 Å². The smallest absolute Gasteiger partial charge is 0.234 e. The molecule has 0 radical (unpaired) electrons. The molecule has 0 spiro atoms. The van der Waals surface area contributed by atoms with Crippen LogP contribution in [-0.2, 0) is 6.61 Å². The number of hydrogen-bond donors (Lipinski definition) is 1. The second kappa shape index (κ2) is 6.46. The summed E-state index contributed by atoms with van der Waals surface area (Å²) in [4.78, 5) is 4.22. The lowest BCUT2D eigenvalue weighted by atomic mass is 10.2. The summed E-state index contributed by atoms with van der Waals surface area (Å²) in [7, 11) is 1.74. The third kappa shape index (κ3) is 3.75. The minimum Gasteiger partial charge on any atom is -0.472 e. The highest BCUT2D eigenvalue weighted by molar-refractivity contribution is 9.10. The van der Waals surface area contributed by atoms with E-state index in [1.807, 2.05) is 24.3 Å². The van der Waals surface area contributed by atoms with Crippen molar-refractivity contribution < 1.29 is 4.74 Å². The first-order valence-electron chi connectivity index (χ1n) is 5.51. The van der Waals surface area contributed by atoms with Crippen molar-refractivity contribution in [2.45, 2.75) is 6.61 Å². The van der Waals surface area contributed by atoms with Gasteiger partial charge >= 0.3 is 0 Å². The largest absolute Gasteiger partial charge is 0.472 e. The lowest BCUT2D eigenvalue weighted by Gasteiger charge is -2.10. The predicted molar refractivity (Wildman–Crippen MR) is 82.3 cm³/mol. The number of aromatic nitrogens is 1. The highest BCUT2D eigenvalue weighted by Crippen LogP contribution is 2.30. The minimum atomic E-state index is 0.360. The van der Waals surface area contributed by atoms with Gasteiger partial charge in [-0.2, -0.15) is 4.98 Å². The average Bonchev–Trinajstić information content (AvgIpc) is 2.40. The van der Waals surface area contributed by atoms with Gasteiger partial charge in [0.2, 0.25) is 5.88 Å². The Labute approximate surface area is 130 Å². The Morgan fingerprint density at radius 1 is 1.21 bits per heavy atom. The van der Waals surface area contributed by atoms with E-state index in [-0.39, 0.29) is 0 Å². The number of anilines is 1. The summed E-state index contributed by atoms with van der Waals surface area (Å²) in [5.74, 6) is 0.898. The molecule has 100 valence electrons. The summed E-state index contributed by atoms with van der Waals surface area (Å²) >= 11 is 15.4. The van der Waals surface area contributed by atoms with E-state index in [2.05, 4.69) is 26.2 Å². The van der Waals surface area contributed by atoms with Crippen molar-refractivity contribution in [3.63, 3.8) is 0 Å². The second-order valence-electron chi connectivity index (χ2n) is 3.77. The van der Waals surface area contributed by atoms with Crippen molar-refractivity contribution in [1.82, 2.24) is 4.98 Å². The lowest BCUT2D eigenvalue weighted by molar-refractivity contribution is 0.294. The summed E-state index contributed by atoms with van der Waals surface area (Å²) in [5, 5.41) is 3.73. The van der Waals surface area contributed by atoms with E-state index in [1.165, 1.54) is 0 Å². The van der Waals surface area contributed by atoms with Gasteiger partial charge < -0.3 is 10.1 Å². The standard InChI is InChI=1S/C13H11BrCl2N2O/c1-17-12-10(15)6-11(16)13(18-12)19-7-8-2-4-9(14)5-3-8/h2-6H,7H2,1H3,(H,17,18). The molecule has 1 aromatic heterocycles. The van der Waals surface area contributed by atoms with Gasteiger partial charge in [-0.25, -0.2) is 0 Å². The zero-order valence-electron chi connectivity index (χ0n) is 10.1. The van der Waals surface area contributed by atoms with Gasteiger partial charge in [-0.1, -0.05) is 51.3 Å². The van der Waals surface area contributed by atoms with Crippen LogP contribution < -0.4 is 10.1 Å². The second-order valence-corrected chi connectivity index (χ2v) is 5.50. The van der Waals surface area contributed by atoms with E-state index < -0.39 is 0 Å². The van der Waals surface area contributed by atoms with E-state index in [1.54, 1.807) is 13.1 Å². The molecule has 0 unspecified atom stereocenters. The monoisotopic (exact) mass is 360 g/mol. The molecule has 0 saturated heterocycles.